The van der Waals surface area contributed by atoms with E-state index in [0.717, 1.165) is 77.0 Å². The highest BCUT2D eigenvalue weighted by Gasteiger charge is 2.20. The summed E-state index contributed by atoms with van der Waals surface area (Å²) in [5, 5.41) is 23.0. The van der Waals surface area contributed by atoms with Crippen molar-refractivity contribution in [1.29, 1.82) is 0 Å². The van der Waals surface area contributed by atoms with E-state index in [1.807, 2.05) is 0 Å². The molecule has 296 valence electrons. The molecule has 50 heavy (non-hydrogen) atoms. The zero-order valence-electron chi connectivity index (χ0n) is 33.4. The molecular formula is C44H85NO5. The number of rotatable bonds is 40. The van der Waals surface area contributed by atoms with E-state index in [1.165, 1.54) is 122 Å². The Labute approximate surface area is 310 Å². The van der Waals surface area contributed by atoms with Crippen LogP contribution < -0.4 is 5.32 Å². The number of esters is 1. The van der Waals surface area contributed by atoms with Gasteiger partial charge in [-0.25, -0.2) is 0 Å². The first-order valence-electron chi connectivity index (χ1n) is 21.9. The molecule has 2 atom stereocenters. The second kappa shape index (κ2) is 40.4. The Morgan fingerprint density at radius 1 is 0.540 bits per heavy atom. The number of aliphatic hydroxyl groups is 2. The van der Waals surface area contributed by atoms with Gasteiger partial charge in [-0.2, -0.15) is 0 Å². The first kappa shape index (κ1) is 48.6. The highest BCUT2D eigenvalue weighted by atomic mass is 16.5. The number of aliphatic hydroxyl groups excluding tert-OH is 2. The Morgan fingerprint density at radius 3 is 1.42 bits per heavy atom. The van der Waals surface area contributed by atoms with Crippen LogP contribution in [0, 0.1) is 0 Å². The van der Waals surface area contributed by atoms with Crippen LogP contribution >= 0.6 is 0 Å². The van der Waals surface area contributed by atoms with Crippen LogP contribution in [-0.4, -0.2) is 47.4 Å². The van der Waals surface area contributed by atoms with Crippen molar-refractivity contribution in [3.8, 4) is 0 Å². The molecule has 0 heterocycles. The third-order valence-corrected chi connectivity index (χ3v) is 10.1. The maximum Gasteiger partial charge on any atom is 0.305 e. The predicted octanol–water partition coefficient (Wildman–Crippen LogP) is 12.2. The fourth-order valence-electron chi connectivity index (χ4n) is 6.63. The summed E-state index contributed by atoms with van der Waals surface area (Å²) in [6.45, 7) is 4.86. The van der Waals surface area contributed by atoms with Gasteiger partial charge in [-0.1, -0.05) is 174 Å². The number of hydrogen-bond acceptors (Lipinski definition) is 5. The number of hydrogen-bond donors (Lipinski definition) is 3. The molecule has 6 heteroatoms. The van der Waals surface area contributed by atoms with Crippen molar-refractivity contribution in [3.05, 3.63) is 12.2 Å². The lowest BCUT2D eigenvalue weighted by molar-refractivity contribution is -0.143. The lowest BCUT2D eigenvalue weighted by Crippen LogP contribution is -2.45. The summed E-state index contributed by atoms with van der Waals surface area (Å²) in [5.41, 5.74) is 0. The van der Waals surface area contributed by atoms with Crippen LogP contribution in [0.1, 0.15) is 232 Å². The quantitative estimate of drug-likeness (QED) is 0.0335. The van der Waals surface area contributed by atoms with Crippen LogP contribution in [0.3, 0.4) is 0 Å². The van der Waals surface area contributed by atoms with Gasteiger partial charge in [0.25, 0.3) is 0 Å². The van der Waals surface area contributed by atoms with Crippen LogP contribution in [0.25, 0.3) is 0 Å². The molecule has 0 aromatic carbocycles. The van der Waals surface area contributed by atoms with Crippen LogP contribution in [0.5, 0.6) is 0 Å². The summed E-state index contributed by atoms with van der Waals surface area (Å²) in [4.78, 5) is 24.3. The number of unbranched alkanes of at least 4 members (excludes halogenated alkanes) is 27. The van der Waals surface area contributed by atoms with E-state index in [-0.39, 0.29) is 18.5 Å². The summed E-state index contributed by atoms with van der Waals surface area (Å²) in [6.07, 6.45) is 43.1. The number of carbonyl (C=O) groups excluding carboxylic acids is 2. The van der Waals surface area contributed by atoms with Crippen molar-refractivity contribution in [2.75, 3.05) is 13.2 Å². The molecule has 1 amide bonds. The topological polar surface area (TPSA) is 95.9 Å². The number of carbonyl (C=O) groups is 2. The number of amides is 1. The van der Waals surface area contributed by atoms with Crippen LogP contribution in [0.2, 0.25) is 0 Å². The van der Waals surface area contributed by atoms with E-state index < -0.39 is 12.1 Å². The largest absolute Gasteiger partial charge is 0.466 e. The molecule has 0 rings (SSSR count). The summed E-state index contributed by atoms with van der Waals surface area (Å²) >= 11 is 0. The highest BCUT2D eigenvalue weighted by Crippen LogP contribution is 2.15. The van der Waals surface area contributed by atoms with Crippen LogP contribution in [0.15, 0.2) is 12.2 Å². The molecule has 6 nitrogen and oxygen atoms in total. The minimum absolute atomic E-state index is 0.0238. The Morgan fingerprint density at radius 2 is 0.940 bits per heavy atom. The van der Waals surface area contributed by atoms with Gasteiger partial charge in [0.15, 0.2) is 0 Å². The second-order valence-corrected chi connectivity index (χ2v) is 15.0. The smallest absolute Gasteiger partial charge is 0.305 e. The monoisotopic (exact) mass is 708 g/mol. The Bertz CT molecular complexity index is 742. The maximum atomic E-state index is 12.4. The molecule has 0 saturated heterocycles. The van der Waals surface area contributed by atoms with Crippen molar-refractivity contribution >= 4 is 11.9 Å². The van der Waals surface area contributed by atoms with Crippen molar-refractivity contribution in [2.45, 2.75) is 244 Å². The van der Waals surface area contributed by atoms with Gasteiger partial charge >= 0.3 is 5.97 Å². The van der Waals surface area contributed by atoms with Gasteiger partial charge in [0.05, 0.1) is 25.4 Å². The molecule has 3 N–H and O–H groups in total. The molecule has 0 radical (unpaired) electrons. The minimum atomic E-state index is -0.676. The molecular weight excluding hydrogens is 622 g/mol. The van der Waals surface area contributed by atoms with Crippen molar-refractivity contribution < 1.29 is 24.5 Å². The number of allylic oxidation sites excluding steroid dienone is 2. The van der Waals surface area contributed by atoms with Gasteiger partial charge in [0.2, 0.25) is 5.91 Å². The maximum absolute atomic E-state index is 12.4. The van der Waals surface area contributed by atoms with Crippen molar-refractivity contribution in [3.63, 3.8) is 0 Å². The molecule has 0 bridgehead atoms. The van der Waals surface area contributed by atoms with Crippen LogP contribution in [-0.2, 0) is 14.3 Å². The molecule has 0 fully saturated rings. The fraction of sp³-hybridized carbons (Fsp3) is 0.909. The molecule has 0 aliphatic heterocycles. The molecule has 0 aliphatic carbocycles. The van der Waals surface area contributed by atoms with Gasteiger partial charge in [-0.3, -0.25) is 9.59 Å². The summed E-state index contributed by atoms with van der Waals surface area (Å²) in [6, 6.07) is -0.556. The third-order valence-electron chi connectivity index (χ3n) is 10.1. The normalized spacial score (nSPS) is 12.8. The average molecular weight is 708 g/mol. The van der Waals surface area contributed by atoms with E-state index in [0.29, 0.717) is 25.9 Å². The summed E-state index contributed by atoms with van der Waals surface area (Å²) in [7, 11) is 0. The Balaban J connectivity index is 3.51. The lowest BCUT2D eigenvalue weighted by atomic mass is 10.0. The number of nitrogens with one attached hydrogen (secondary N) is 1. The van der Waals surface area contributed by atoms with Gasteiger partial charge in [0, 0.05) is 12.8 Å². The van der Waals surface area contributed by atoms with Crippen LogP contribution in [0.4, 0.5) is 0 Å². The van der Waals surface area contributed by atoms with Crippen molar-refractivity contribution in [1.82, 2.24) is 5.32 Å². The summed E-state index contributed by atoms with van der Waals surface area (Å²) < 4.78 is 5.41. The molecule has 0 aliphatic rings. The van der Waals surface area contributed by atoms with Gasteiger partial charge in [-0.05, 0) is 57.8 Å². The zero-order chi connectivity index (χ0) is 36.6. The summed E-state index contributed by atoms with van der Waals surface area (Å²) in [5.74, 6) is -0.0869. The highest BCUT2D eigenvalue weighted by molar-refractivity contribution is 5.76. The Kier molecular flexibility index (Phi) is 39.2. The van der Waals surface area contributed by atoms with Gasteiger partial charge in [-0.15, -0.1) is 0 Å². The molecule has 0 saturated carbocycles. The van der Waals surface area contributed by atoms with E-state index in [9.17, 15) is 19.8 Å². The first-order valence-corrected chi connectivity index (χ1v) is 21.9. The number of ether oxygens (including phenoxy) is 1. The van der Waals surface area contributed by atoms with E-state index >= 15 is 0 Å². The van der Waals surface area contributed by atoms with Gasteiger partial charge in [0.1, 0.15) is 0 Å². The standard InChI is InChI=1S/C44H85NO5/c1-3-5-7-9-11-13-17-22-26-30-34-38-44(49)50-39-35-31-27-23-19-16-15-18-21-25-29-33-37-43(48)45-41(40-46)42(47)36-32-28-24-20-14-12-10-8-6-4-2/h16,19,41-42,46-47H,3-15,17-18,20-40H2,1-2H3,(H,45,48)/b19-16-. The molecule has 0 spiro atoms. The van der Waals surface area contributed by atoms with E-state index in [2.05, 4.69) is 31.3 Å². The predicted molar refractivity (Wildman–Crippen MR) is 213 cm³/mol. The first-order chi connectivity index (χ1) is 24.5. The lowest BCUT2D eigenvalue weighted by Gasteiger charge is -2.22. The van der Waals surface area contributed by atoms with Gasteiger partial charge < -0.3 is 20.3 Å². The van der Waals surface area contributed by atoms with E-state index in [1.54, 1.807) is 0 Å². The van der Waals surface area contributed by atoms with E-state index in [4.69, 9.17) is 4.74 Å². The average Bonchev–Trinajstić information content (AvgIpc) is 3.11. The minimum Gasteiger partial charge on any atom is -0.466 e. The van der Waals surface area contributed by atoms with Crippen molar-refractivity contribution in [2.24, 2.45) is 0 Å². The molecule has 0 aromatic rings. The Hall–Kier alpha value is -1.40. The molecule has 2 unspecified atom stereocenters. The fourth-order valence-corrected chi connectivity index (χ4v) is 6.63. The third kappa shape index (κ3) is 36.4. The molecule has 0 aromatic heterocycles. The second-order valence-electron chi connectivity index (χ2n) is 15.0. The zero-order valence-corrected chi connectivity index (χ0v) is 33.4. The SMILES string of the molecule is CCCCCCCCCCCCCC(=O)OCCCCC/C=C\CCCCCCCC(=O)NC(CO)C(O)CCCCCCCCCCCC.